The van der Waals surface area contributed by atoms with E-state index in [1.165, 1.54) is 5.69 Å². The molecular formula is C28H26N4O4. The minimum atomic E-state index is -0.398. The van der Waals surface area contributed by atoms with Crippen LogP contribution < -0.4 is 4.90 Å². The molecule has 2 aliphatic heterocycles. The zero-order valence-corrected chi connectivity index (χ0v) is 19.7. The highest BCUT2D eigenvalue weighted by Gasteiger charge is 2.47. The highest BCUT2D eigenvalue weighted by molar-refractivity contribution is 5.90. The van der Waals surface area contributed by atoms with Crippen LogP contribution in [0.3, 0.4) is 0 Å². The van der Waals surface area contributed by atoms with E-state index >= 15 is 0 Å². The zero-order chi connectivity index (χ0) is 25.0. The second kappa shape index (κ2) is 10.2. The van der Waals surface area contributed by atoms with E-state index in [-0.39, 0.29) is 12.2 Å². The number of piperidine rings is 1. The van der Waals surface area contributed by atoms with Crippen molar-refractivity contribution in [3.8, 4) is 11.3 Å². The molecule has 0 unspecified atom stereocenters. The number of amides is 1. The molecule has 1 spiro atoms. The van der Waals surface area contributed by atoms with Crippen molar-refractivity contribution in [2.45, 2.75) is 25.0 Å². The van der Waals surface area contributed by atoms with Crippen LogP contribution in [-0.4, -0.2) is 51.8 Å². The molecule has 2 saturated heterocycles. The molecule has 1 amide bonds. The molecule has 2 fully saturated rings. The van der Waals surface area contributed by atoms with Crippen molar-refractivity contribution in [1.29, 1.82) is 0 Å². The monoisotopic (exact) mass is 482 g/mol. The van der Waals surface area contributed by atoms with Gasteiger partial charge >= 0.3 is 12.2 Å². The second-order valence-corrected chi connectivity index (χ2v) is 9.03. The maximum atomic E-state index is 12.6. The van der Waals surface area contributed by atoms with E-state index in [0.29, 0.717) is 6.54 Å². The van der Waals surface area contributed by atoms with Crippen molar-refractivity contribution in [2.24, 2.45) is 0 Å². The third-order valence-electron chi connectivity index (χ3n) is 6.86. The van der Waals surface area contributed by atoms with Crippen LogP contribution in [0, 0.1) is 0 Å². The SMILES string of the molecule is O=C1OC2(CCN(Cc3c(-c4ccccc4)nc4ccccn34)CC2)CN1c1ccccc1.O=C=O. The molecule has 0 saturated carbocycles. The number of imidazole rings is 1. The van der Waals surface area contributed by atoms with Gasteiger partial charge in [-0.15, -0.1) is 0 Å². The predicted molar refractivity (Wildman–Crippen MR) is 133 cm³/mol. The van der Waals surface area contributed by atoms with Crippen LogP contribution in [0.25, 0.3) is 16.9 Å². The number of fused-ring (bicyclic) bond motifs is 1. The fraction of sp³-hybridized carbons (Fsp3) is 0.250. The Morgan fingerprint density at radius 2 is 1.53 bits per heavy atom. The molecule has 6 rings (SSSR count). The standard InChI is InChI=1S/C27H26N4O2.CO2/c32-26-31(22-11-5-2-6-12-22)20-27(33-26)14-17-29(18-15-27)19-23-25(21-9-3-1-4-10-21)28-24-13-7-8-16-30(23)24;2-1-3/h1-13,16H,14-15,17-20H2;. The Labute approximate surface area is 208 Å². The van der Waals surface area contributed by atoms with E-state index < -0.39 is 5.60 Å². The number of aromatic nitrogens is 2. The predicted octanol–water partition coefficient (Wildman–Crippen LogP) is 4.41. The molecule has 0 aliphatic carbocycles. The summed E-state index contributed by atoms with van der Waals surface area (Å²) in [5.41, 5.74) is 4.83. The van der Waals surface area contributed by atoms with Crippen LogP contribution in [0.2, 0.25) is 0 Å². The molecule has 182 valence electrons. The molecule has 8 heteroatoms. The summed E-state index contributed by atoms with van der Waals surface area (Å²) in [7, 11) is 0. The molecule has 36 heavy (non-hydrogen) atoms. The number of ether oxygens (including phenoxy) is 1. The largest absolute Gasteiger partial charge is 0.441 e. The summed E-state index contributed by atoms with van der Waals surface area (Å²) >= 11 is 0. The summed E-state index contributed by atoms with van der Waals surface area (Å²) in [5, 5.41) is 0. The first kappa shape index (κ1) is 23.5. The second-order valence-electron chi connectivity index (χ2n) is 9.03. The van der Waals surface area contributed by atoms with Gasteiger partial charge in [-0.05, 0) is 24.3 Å². The molecule has 2 aliphatic rings. The van der Waals surface area contributed by atoms with E-state index in [1.807, 2.05) is 48.5 Å². The van der Waals surface area contributed by atoms with E-state index in [0.717, 1.165) is 55.1 Å². The average molecular weight is 483 g/mol. The quantitative estimate of drug-likeness (QED) is 0.429. The minimum absolute atomic E-state index is 0.234. The van der Waals surface area contributed by atoms with Gasteiger partial charge in [0, 0.05) is 49.9 Å². The normalized spacial score (nSPS) is 16.9. The number of nitrogens with zero attached hydrogens (tertiary/aromatic N) is 4. The van der Waals surface area contributed by atoms with Gasteiger partial charge in [-0.3, -0.25) is 9.80 Å². The molecule has 0 radical (unpaired) electrons. The first-order valence-corrected chi connectivity index (χ1v) is 11.9. The summed E-state index contributed by atoms with van der Waals surface area (Å²) in [6.45, 7) is 3.19. The van der Waals surface area contributed by atoms with Gasteiger partial charge in [0.1, 0.15) is 11.2 Å². The van der Waals surface area contributed by atoms with E-state index in [9.17, 15) is 4.79 Å². The average Bonchev–Trinajstić information content (AvgIpc) is 3.44. The van der Waals surface area contributed by atoms with Gasteiger partial charge in [0.25, 0.3) is 0 Å². The van der Waals surface area contributed by atoms with Gasteiger partial charge in [0.05, 0.1) is 17.9 Å². The van der Waals surface area contributed by atoms with Crippen molar-refractivity contribution in [1.82, 2.24) is 14.3 Å². The Balaban J connectivity index is 0.000000848. The van der Waals surface area contributed by atoms with Gasteiger partial charge < -0.3 is 9.14 Å². The number of carbonyl (C=O) groups excluding carboxylic acids is 3. The lowest BCUT2D eigenvalue weighted by Gasteiger charge is -2.37. The Kier molecular flexibility index (Phi) is 6.62. The molecule has 0 atom stereocenters. The molecule has 2 aromatic carbocycles. The molecule has 2 aromatic heterocycles. The highest BCUT2D eigenvalue weighted by atomic mass is 16.6. The summed E-state index contributed by atoms with van der Waals surface area (Å²) in [6, 6.07) is 26.3. The molecular weight excluding hydrogens is 456 g/mol. The number of likely N-dealkylation sites (tertiary alicyclic amines) is 1. The van der Waals surface area contributed by atoms with Crippen LogP contribution >= 0.6 is 0 Å². The van der Waals surface area contributed by atoms with Crippen molar-refractivity contribution in [3.05, 3.63) is 90.8 Å². The zero-order valence-electron chi connectivity index (χ0n) is 19.7. The first-order valence-electron chi connectivity index (χ1n) is 11.9. The third-order valence-corrected chi connectivity index (χ3v) is 6.86. The maximum Gasteiger partial charge on any atom is 0.415 e. The Bertz CT molecular complexity index is 1370. The highest BCUT2D eigenvalue weighted by Crippen LogP contribution is 2.36. The summed E-state index contributed by atoms with van der Waals surface area (Å²) < 4.78 is 8.14. The lowest BCUT2D eigenvalue weighted by atomic mass is 9.91. The van der Waals surface area contributed by atoms with E-state index in [1.54, 1.807) is 4.90 Å². The van der Waals surface area contributed by atoms with Gasteiger partial charge in [0.15, 0.2) is 0 Å². The lowest BCUT2D eigenvalue weighted by Crippen LogP contribution is -2.46. The van der Waals surface area contributed by atoms with E-state index in [2.05, 4.69) is 45.8 Å². The lowest BCUT2D eigenvalue weighted by molar-refractivity contribution is -0.191. The summed E-state index contributed by atoms with van der Waals surface area (Å²) in [4.78, 5) is 38.0. The Hall–Kier alpha value is -4.26. The topological polar surface area (TPSA) is 84.2 Å². The maximum absolute atomic E-state index is 12.6. The Morgan fingerprint density at radius 3 is 2.22 bits per heavy atom. The molecule has 0 bridgehead atoms. The van der Waals surface area contributed by atoms with E-state index in [4.69, 9.17) is 19.3 Å². The van der Waals surface area contributed by atoms with Gasteiger partial charge in [-0.2, -0.15) is 9.59 Å². The van der Waals surface area contributed by atoms with Crippen LogP contribution in [0.1, 0.15) is 18.5 Å². The molecule has 0 N–H and O–H groups in total. The van der Waals surface area contributed by atoms with Crippen molar-refractivity contribution < 1.29 is 19.1 Å². The number of pyridine rings is 1. The van der Waals surface area contributed by atoms with Crippen molar-refractivity contribution in [3.63, 3.8) is 0 Å². The van der Waals surface area contributed by atoms with Crippen LogP contribution in [0.4, 0.5) is 10.5 Å². The van der Waals surface area contributed by atoms with Gasteiger partial charge in [0.2, 0.25) is 0 Å². The minimum Gasteiger partial charge on any atom is -0.441 e. The van der Waals surface area contributed by atoms with Crippen molar-refractivity contribution >= 4 is 23.6 Å². The molecule has 4 aromatic rings. The number of anilines is 1. The molecule has 4 heterocycles. The number of rotatable bonds is 4. The summed E-state index contributed by atoms with van der Waals surface area (Å²) in [6.07, 6.45) is 3.77. The summed E-state index contributed by atoms with van der Waals surface area (Å²) in [5.74, 6) is 0. The first-order chi connectivity index (χ1) is 17.6. The number of para-hydroxylation sites is 1. The van der Waals surface area contributed by atoms with Gasteiger partial charge in [-0.1, -0.05) is 54.6 Å². The third kappa shape index (κ3) is 4.64. The van der Waals surface area contributed by atoms with Gasteiger partial charge in [-0.25, -0.2) is 9.78 Å². The fourth-order valence-corrected chi connectivity index (χ4v) is 5.05. The van der Waals surface area contributed by atoms with Crippen molar-refractivity contribution in [2.75, 3.05) is 24.5 Å². The van der Waals surface area contributed by atoms with Crippen LogP contribution in [0.15, 0.2) is 85.1 Å². The number of benzene rings is 2. The smallest absolute Gasteiger partial charge is 0.415 e. The molecule has 8 nitrogen and oxygen atoms in total. The Morgan fingerprint density at radius 1 is 0.889 bits per heavy atom. The number of carbonyl (C=O) groups is 1. The van der Waals surface area contributed by atoms with Crippen LogP contribution in [-0.2, 0) is 20.9 Å². The number of hydrogen-bond acceptors (Lipinski definition) is 6. The fourth-order valence-electron chi connectivity index (χ4n) is 5.05. The number of hydrogen-bond donors (Lipinski definition) is 0. The van der Waals surface area contributed by atoms with Crippen LogP contribution in [0.5, 0.6) is 0 Å².